The lowest BCUT2D eigenvalue weighted by atomic mass is 10.0. The van der Waals surface area contributed by atoms with E-state index >= 15 is 0 Å². The van der Waals surface area contributed by atoms with Crippen LogP contribution in [0.2, 0.25) is 0 Å². The van der Waals surface area contributed by atoms with E-state index < -0.39 is 23.5 Å². The van der Waals surface area contributed by atoms with Gasteiger partial charge in [0.15, 0.2) is 0 Å². The van der Waals surface area contributed by atoms with Crippen molar-refractivity contribution in [3.8, 4) is 23.7 Å². The zero-order valence-corrected chi connectivity index (χ0v) is 18.8. The summed E-state index contributed by atoms with van der Waals surface area (Å²) in [6.07, 6.45) is -5.35. The summed E-state index contributed by atoms with van der Waals surface area (Å²) in [5.41, 5.74) is -0.945. The average Bonchev–Trinajstić information content (AvgIpc) is 3.60. The van der Waals surface area contributed by atoms with E-state index in [4.69, 9.17) is 0 Å². The smallest absolute Gasteiger partial charge is 0.166 e. The Bertz CT molecular complexity index is 1110. The van der Waals surface area contributed by atoms with Gasteiger partial charge in [-0.3, -0.25) is 0 Å². The minimum Gasteiger partial charge on any atom is -0.166 e. The van der Waals surface area contributed by atoms with E-state index in [1.807, 2.05) is 0 Å². The van der Waals surface area contributed by atoms with Crippen molar-refractivity contribution >= 4 is 11.8 Å². The number of benzene rings is 2. The fraction of sp³-hybridized carbons (Fsp3) is 0.385. The first-order chi connectivity index (χ1) is 15.4. The van der Waals surface area contributed by atoms with E-state index in [1.165, 1.54) is 26.0 Å². The maximum atomic E-state index is 13.5. The predicted molar refractivity (Wildman–Crippen MR) is 116 cm³/mol. The van der Waals surface area contributed by atoms with Gasteiger partial charge in [-0.05, 0) is 74.9 Å². The molecule has 0 nitrogen and oxygen atoms in total. The molecule has 0 N–H and O–H groups in total. The molecule has 2 aliphatic carbocycles. The van der Waals surface area contributed by atoms with Crippen LogP contribution in [-0.2, 0) is 12.4 Å². The van der Waals surface area contributed by atoms with Crippen molar-refractivity contribution in [1.29, 1.82) is 0 Å². The van der Waals surface area contributed by atoms with Crippen molar-refractivity contribution in [3.05, 3.63) is 57.6 Å². The molecule has 0 spiro atoms. The summed E-state index contributed by atoms with van der Waals surface area (Å²) in [5.74, 6) is 12.2. The highest BCUT2D eigenvalue weighted by Crippen LogP contribution is 2.42. The molecule has 0 heterocycles. The fourth-order valence-corrected chi connectivity index (χ4v) is 4.51. The van der Waals surface area contributed by atoms with Crippen LogP contribution in [0.3, 0.4) is 0 Å². The highest BCUT2D eigenvalue weighted by atomic mass is 32.2. The van der Waals surface area contributed by atoms with Crippen LogP contribution in [0, 0.1) is 49.4 Å². The van der Waals surface area contributed by atoms with Crippen molar-refractivity contribution in [1.82, 2.24) is 0 Å². The molecule has 2 aromatic rings. The Morgan fingerprint density at radius 2 is 1.03 bits per heavy atom. The number of alkyl halides is 6. The molecule has 0 radical (unpaired) electrons. The van der Waals surface area contributed by atoms with E-state index in [0.717, 1.165) is 49.6 Å². The van der Waals surface area contributed by atoms with Gasteiger partial charge in [-0.2, -0.15) is 26.3 Å². The predicted octanol–water partition coefficient (Wildman–Crippen LogP) is 8.02. The molecule has 2 aromatic carbocycles. The van der Waals surface area contributed by atoms with Gasteiger partial charge in [-0.25, -0.2) is 0 Å². The van der Waals surface area contributed by atoms with Crippen molar-refractivity contribution in [2.45, 2.75) is 61.7 Å². The third kappa shape index (κ3) is 5.53. The summed E-state index contributed by atoms with van der Waals surface area (Å²) in [4.78, 5) is 0.949. The standard InChI is InChI=1S/C26H20F6S/c1-15-19(9-7-17-3-4-17)23(13-11-21(15)25(27,28)29)33-24-14-12-22(26(30,31)32)16(2)20(24)10-8-18-5-6-18/h11-14,17-18H,3-6H2,1-2H3. The highest BCUT2D eigenvalue weighted by molar-refractivity contribution is 7.99. The second-order valence-corrected chi connectivity index (χ2v) is 9.49. The van der Waals surface area contributed by atoms with Crippen LogP contribution in [0.15, 0.2) is 34.1 Å². The molecule has 33 heavy (non-hydrogen) atoms. The fourth-order valence-electron chi connectivity index (χ4n) is 3.39. The van der Waals surface area contributed by atoms with Gasteiger partial charge >= 0.3 is 12.4 Å². The van der Waals surface area contributed by atoms with Gasteiger partial charge in [0.2, 0.25) is 0 Å². The molecule has 0 atom stereocenters. The second-order valence-electron chi connectivity index (χ2n) is 8.41. The molecular weight excluding hydrogens is 458 g/mol. The zero-order valence-electron chi connectivity index (χ0n) is 18.0. The van der Waals surface area contributed by atoms with Gasteiger partial charge in [0.25, 0.3) is 0 Å². The normalized spacial score (nSPS) is 16.0. The van der Waals surface area contributed by atoms with E-state index in [2.05, 4.69) is 23.7 Å². The summed E-state index contributed by atoms with van der Waals surface area (Å²) < 4.78 is 80.8. The van der Waals surface area contributed by atoms with Crippen LogP contribution in [0.5, 0.6) is 0 Å². The molecule has 7 heteroatoms. The molecular formula is C26H20F6S. The third-order valence-electron chi connectivity index (χ3n) is 5.64. The largest absolute Gasteiger partial charge is 0.416 e. The minimum absolute atomic E-state index is 0.0231. The SMILES string of the molecule is Cc1c(C(F)(F)F)ccc(Sc2ccc(C(F)(F)F)c(C)c2C#CC2CC2)c1C#CC1CC1. The highest BCUT2D eigenvalue weighted by Gasteiger charge is 2.35. The number of hydrogen-bond donors (Lipinski definition) is 0. The van der Waals surface area contributed by atoms with Gasteiger partial charge in [0, 0.05) is 32.8 Å². The Labute approximate surface area is 193 Å². The molecule has 0 saturated heterocycles. The zero-order chi connectivity index (χ0) is 24.0. The molecule has 172 valence electrons. The number of hydrogen-bond acceptors (Lipinski definition) is 1. The van der Waals surface area contributed by atoms with Crippen LogP contribution < -0.4 is 0 Å². The molecule has 0 aliphatic heterocycles. The summed E-state index contributed by atoms with van der Waals surface area (Å²) >= 11 is 1.11. The van der Waals surface area contributed by atoms with Crippen molar-refractivity contribution in [3.63, 3.8) is 0 Å². The molecule has 0 aromatic heterocycles. The monoisotopic (exact) mass is 478 g/mol. The Balaban J connectivity index is 1.81. The maximum Gasteiger partial charge on any atom is 0.416 e. The molecule has 0 unspecified atom stereocenters. The van der Waals surface area contributed by atoms with Crippen molar-refractivity contribution in [2.75, 3.05) is 0 Å². The van der Waals surface area contributed by atoms with Crippen LogP contribution in [-0.4, -0.2) is 0 Å². The van der Waals surface area contributed by atoms with Crippen molar-refractivity contribution < 1.29 is 26.3 Å². The van der Waals surface area contributed by atoms with Gasteiger partial charge < -0.3 is 0 Å². The first kappa shape index (κ1) is 23.6. The molecule has 0 amide bonds. The third-order valence-corrected chi connectivity index (χ3v) is 6.76. The van der Waals surface area contributed by atoms with E-state index in [0.29, 0.717) is 9.79 Å². The van der Waals surface area contributed by atoms with Crippen LogP contribution >= 0.6 is 11.8 Å². The van der Waals surface area contributed by atoms with Gasteiger partial charge in [-0.1, -0.05) is 35.4 Å². The molecule has 2 fully saturated rings. The first-order valence-corrected chi connectivity index (χ1v) is 11.4. The summed E-state index contributed by atoms with van der Waals surface area (Å²) in [6.45, 7) is 2.77. The van der Waals surface area contributed by atoms with Crippen LogP contribution in [0.4, 0.5) is 26.3 Å². The van der Waals surface area contributed by atoms with E-state index in [1.54, 1.807) is 0 Å². The lowest BCUT2D eigenvalue weighted by molar-refractivity contribution is -0.138. The summed E-state index contributed by atoms with van der Waals surface area (Å²) in [6, 6.07) is 4.71. The summed E-state index contributed by atoms with van der Waals surface area (Å²) in [7, 11) is 0. The summed E-state index contributed by atoms with van der Waals surface area (Å²) in [5, 5.41) is 0. The molecule has 0 bridgehead atoms. The second kappa shape index (κ2) is 8.69. The number of halogens is 6. The Hall–Kier alpha value is -2.51. The average molecular weight is 479 g/mol. The molecule has 4 rings (SSSR count). The quantitative estimate of drug-likeness (QED) is 0.311. The van der Waals surface area contributed by atoms with E-state index in [-0.39, 0.29) is 34.1 Å². The minimum atomic E-state index is -4.52. The number of rotatable bonds is 2. The maximum absolute atomic E-state index is 13.5. The van der Waals surface area contributed by atoms with Crippen LogP contribution in [0.25, 0.3) is 0 Å². The topological polar surface area (TPSA) is 0 Å². The van der Waals surface area contributed by atoms with E-state index in [9.17, 15) is 26.3 Å². The van der Waals surface area contributed by atoms with Gasteiger partial charge in [0.05, 0.1) is 11.1 Å². The Kier molecular flexibility index (Phi) is 6.22. The first-order valence-electron chi connectivity index (χ1n) is 10.6. The lowest BCUT2D eigenvalue weighted by Crippen LogP contribution is -2.10. The van der Waals surface area contributed by atoms with Gasteiger partial charge in [-0.15, -0.1) is 0 Å². The molecule has 2 aliphatic rings. The molecule has 2 saturated carbocycles. The van der Waals surface area contributed by atoms with Gasteiger partial charge in [0.1, 0.15) is 0 Å². The van der Waals surface area contributed by atoms with Crippen molar-refractivity contribution in [2.24, 2.45) is 11.8 Å². The van der Waals surface area contributed by atoms with Crippen LogP contribution in [0.1, 0.15) is 59.1 Å². The Morgan fingerprint density at radius 3 is 1.33 bits per heavy atom. The lowest BCUT2D eigenvalue weighted by Gasteiger charge is -2.17. The Morgan fingerprint density at radius 1 is 0.667 bits per heavy atom.